The number of hydrogen-bond acceptors (Lipinski definition) is 2. The Morgan fingerprint density at radius 1 is 1.10 bits per heavy atom. The summed E-state index contributed by atoms with van der Waals surface area (Å²) < 4.78 is 0. The number of aryl methyl sites for hydroxylation is 2. The van der Waals surface area contributed by atoms with Crippen LogP contribution in [0.1, 0.15) is 46.9 Å². The van der Waals surface area contributed by atoms with Crippen molar-refractivity contribution < 1.29 is 4.79 Å². The van der Waals surface area contributed by atoms with Crippen LogP contribution in [0.2, 0.25) is 0 Å². The first-order valence-electron chi connectivity index (χ1n) is 11.2. The minimum atomic E-state index is 0.113. The smallest absolute Gasteiger partial charge is 0.270 e. The summed E-state index contributed by atoms with van der Waals surface area (Å²) in [7, 11) is 0. The fourth-order valence-corrected chi connectivity index (χ4v) is 4.59. The van der Waals surface area contributed by atoms with Gasteiger partial charge in [-0.2, -0.15) is 0 Å². The van der Waals surface area contributed by atoms with E-state index in [2.05, 4.69) is 73.1 Å². The average Bonchev–Trinajstić information content (AvgIpc) is 3.17. The van der Waals surface area contributed by atoms with Crippen LogP contribution in [0.15, 0.2) is 48.5 Å². The third-order valence-corrected chi connectivity index (χ3v) is 6.29. The number of nitrogens with one attached hydrogen (secondary N) is 1. The molecule has 1 aromatic heterocycles. The van der Waals surface area contributed by atoms with Gasteiger partial charge in [-0.25, -0.2) is 0 Å². The van der Waals surface area contributed by atoms with E-state index in [1.165, 1.54) is 29.5 Å². The summed E-state index contributed by atoms with van der Waals surface area (Å²) >= 11 is 0. The Labute approximate surface area is 179 Å². The number of carbonyl (C=O) groups excluding carboxylic acids is 1. The topological polar surface area (TPSA) is 39.3 Å². The second kappa shape index (κ2) is 9.05. The van der Waals surface area contributed by atoms with Gasteiger partial charge in [-0.15, -0.1) is 0 Å². The monoisotopic (exact) mass is 403 g/mol. The van der Waals surface area contributed by atoms with Crippen molar-refractivity contribution in [1.29, 1.82) is 0 Å². The van der Waals surface area contributed by atoms with Crippen molar-refractivity contribution in [2.24, 2.45) is 5.92 Å². The van der Waals surface area contributed by atoms with Gasteiger partial charge < -0.3 is 9.88 Å². The van der Waals surface area contributed by atoms with Gasteiger partial charge in [0.25, 0.3) is 5.91 Å². The number of aromatic amines is 1. The molecule has 0 saturated carbocycles. The highest BCUT2D eigenvalue weighted by molar-refractivity contribution is 5.98. The number of likely N-dealkylation sites (tertiary alicyclic amines) is 1. The molecule has 4 heteroatoms. The van der Waals surface area contributed by atoms with E-state index in [-0.39, 0.29) is 5.91 Å². The molecule has 3 aromatic rings. The maximum absolute atomic E-state index is 13.2. The lowest BCUT2D eigenvalue weighted by Gasteiger charge is -2.35. The molecule has 0 bridgehead atoms. The molecule has 0 aliphatic carbocycles. The van der Waals surface area contributed by atoms with E-state index in [4.69, 9.17) is 0 Å². The first kappa shape index (κ1) is 20.7. The summed E-state index contributed by atoms with van der Waals surface area (Å²) in [6.45, 7) is 11.1. The predicted octanol–water partition coefficient (Wildman–Crippen LogP) is 5.16. The molecule has 4 rings (SSSR count). The first-order valence-corrected chi connectivity index (χ1v) is 11.2. The van der Waals surface area contributed by atoms with E-state index in [1.54, 1.807) is 0 Å². The van der Waals surface area contributed by atoms with Crippen LogP contribution < -0.4 is 0 Å². The van der Waals surface area contributed by atoms with Crippen molar-refractivity contribution in [3.8, 4) is 0 Å². The number of aromatic nitrogens is 1. The highest BCUT2D eigenvalue weighted by Crippen LogP contribution is 2.22. The summed E-state index contributed by atoms with van der Waals surface area (Å²) in [5.41, 5.74) is 5.62. The molecule has 30 heavy (non-hydrogen) atoms. The molecular formula is C26H33N3O. The SMILES string of the molecule is CCN(CC1CCCN(Cc2ccc(C)cc2)C1)C(=O)c1cc2ccc(C)cc2[nH]1. The molecule has 0 radical (unpaired) electrons. The Morgan fingerprint density at radius 2 is 1.87 bits per heavy atom. The molecule has 2 aromatic carbocycles. The van der Waals surface area contributed by atoms with Crippen LogP contribution in [0.5, 0.6) is 0 Å². The van der Waals surface area contributed by atoms with Crippen LogP contribution in [0.3, 0.4) is 0 Å². The second-order valence-electron chi connectivity index (χ2n) is 8.85. The summed E-state index contributed by atoms with van der Waals surface area (Å²) in [6, 6.07) is 17.1. The molecule has 2 heterocycles. The van der Waals surface area contributed by atoms with Gasteiger partial charge >= 0.3 is 0 Å². The molecule has 0 spiro atoms. The quantitative estimate of drug-likeness (QED) is 0.617. The molecule has 4 nitrogen and oxygen atoms in total. The van der Waals surface area contributed by atoms with Gasteiger partial charge in [0, 0.05) is 37.1 Å². The van der Waals surface area contributed by atoms with Crippen molar-refractivity contribution in [2.75, 3.05) is 26.2 Å². The molecule has 1 unspecified atom stereocenters. The molecule has 1 amide bonds. The third kappa shape index (κ3) is 4.76. The number of piperidine rings is 1. The Kier molecular flexibility index (Phi) is 6.24. The zero-order valence-corrected chi connectivity index (χ0v) is 18.4. The number of hydrogen-bond donors (Lipinski definition) is 1. The Morgan fingerprint density at radius 3 is 2.63 bits per heavy atom. The van der Waals surface area contributed by atoms with Crippen molar-refractivity contribution in [3.63, 3.8) is 0 Å². The fourth-order valence-electron chi connectivity index (χ4n) is 4.59. The van der Waals surface area contributed by atoms with E-state index >= 15 is 0 Å². The van der Waals surface area contributed by atoms with Gasteiger partial charge in [0.2, 0.25) is 0 Å². The van der Waals surface area contributed by atoms with Gasteiger partial charge in [-0.3, -0.25) is 9.69 Å². The molecule has 158 valence electrons. The number of benzene rings is 2. The third-order valence-electron chi connectivity index (χ3n) is 6.29. The molecule has 1 fully saturated rings. The summed E-state index contributed by atoms with van der Waals surface area (Å²) in [4.78, 5) is 21.1. The van der Waals surface area contributed by atoms with Crippen LogP contribution in [0.25, 0.3) is 10.9 Å². The summed E-state index contributed by atoms with van der Waals surface area (Å²) in [6.07, 6.45) is 2.40. The Hall–Kier alpha value is -2.59. The summed E-state index contributed by atoms with van der Waals surface area (Å²) in [5.74, 6) is 0.640. The Bertz CT molecular complexity index is 1000. The maximum Gasteiger partial charge on any atom is 0.270 e. The minimum absolute atomic E-state index is 0.113. The van der Waals surface area contributed by atoms with Crippen molar-refractivity contribution in [3.05, 3.63) is 70.9 Å². The molecule has 1 saturated heterocycles. The van der Waals surface area contributed by atoms with Gasteiger partial charge in [0.1, 0.15) is 5.69 Å². The van der Waals surface area contributed by atoms with E-state index in [0.717, 1.165) is 43.6 Å². The molecule has 1 aliphatic heterocycles. The van der Waals surface area contributed by atoms with Crippen molar-refractivity contribution >= 4 is 16.8 Å². The number of H-pyrrole nitrogens is 1. The zero-order valence-electron chi connectivity index (χ0n) is 18.4. The van der Waals surface area contributed by atoms with E-state index in [1.807, 2.05) is 11.0 Å². The van der Waals surface area contributed by atoms with Crippen molar-refractivity contribution in [1.82, 2.24) is 14.8 Å². The lowest BCUT2D eigenvalue weighted by molar-refractivity contribution is 0.0680. The van der Waals surface area contributed by atoms with Gasteiger partial charge in [-0.1, -0.05) is 42.0 Å². The zero-order chi connectivity index (χ0) is 21.1. The molecule has 1 atom stereocenters. The highest BCUT2D eigenvalue weighted by Gasteiger charge is 2.25. The Balaban J connectivity index is 1.40. The molecular weight excluding hydrogens is 370 g/mol. The average molecular weight is 404 g/mol. The van der Waals surface area contributed by atoms with Crippen LogP contribution in [0.4, 0.5) is 0 Å². The molecule has 1 aliphatic rings. The fraction of sp³-hybridized carbons (Fsp3) is 0.423. The van der Waals surface area contributed by atoms with Gasteiger partial charge in [-0.05, 0) is 69.3 Å². The van der Waals surface area contributed by atoms with Crippen molar-refractivity contribution in [2.45, 2.75) is 40.2 Å². The van der Waals surface area contributed by atoms with Crippen LogP contribution in [-0.4, -0.2) is 46.9 Å². The maximum atomic E-state index is 13.2. The second-order valence-corrected chi connectivity index (χ2v) is 8.85. The molecule has 1 N–H and O–H groups in total. The normalized spacial score (nSPS) is 17.4. The summed E-state index contributed by atoms with van der Waals surface area (Å²) in [5, 5.41) is 1.10. The number of rotatable bonds is 6. The number of amides is 1. The van der Waals surface area contributed by atoms with E-state index in [0.29, 0.717) is 11.6 Å². The predicted molar refractivity (Wildman–Crippen MR) is 124 cm³/mol. The lowest BCUT2D eigenvalue weighted by atomic mass is 9.96. The van der Waals surface area contributed by atoms with E-state index < -0.39 is 0 Å². The van der Waals surface area contributed by atoms with Crippen LogP contribution in [-0.2, 0) is 6.54 Å². The van der Waals surface area contributed by atoms with Gasteiger partial charge in [0.05, 0.1) is 0 Å². The van der Waals surface area contributed by atoms with E-state index in [9.17, 15) is 4.79 Å². The standard InChI is InChI=1S/C26H33N3O/c1-4-29(26(30)25-15-23-12-9-20(3)14-24(23)27-25)18-22-6-5-13-28(17-22)16-21-10-7-19(2)8-11-21/h7-12,14-15,22,27H,4-6,13,16-18H2,1-3H3. The van der Waals surface area contributed by atoms with Gasteiger partial charge in [0.15, 0.2) is 0 Å². The van der Waals surface area contributed by atoms with Crippen LogP contribution in [0, 0.1) is 19.8 Å². The number of nitrogens with zero attached hydrogens (tertiary/aromatic N) is 2. The lowest BCUT2D eigenvalue weighted by Crippen LogP contribution is -2.42. The number of carbonyl (C=O) groups is 1. The largest absolute Gasteiger partial charge is 0.351 e. The number of fused-ring (bicyclic) bond motifs is 1. The van der Waals surface area contributed by atoms with Crippen LogP contribution >= 0.6 is 0 Å². The first-order chi connectivity index (χ1) is 14.5. The minimum Gasteiger partial charge on any atom is -0.351 e. The highest BCUT2D eigenvalue weighted by atomic mass is 16.2.